The van der Waals surface area contributed by atoms with Gasteiger partial charge in [-0.3, -0.25) is 0 Å². The fraction of sp³-hybridized carbons (Fsp3) is 0.200. The van der Waals surface area contributed by atoms with Crippen molar-refractivity contribution in [1.29, 1.82) is 0 Å². The SMILES string of the molecule is COC=Nc1c(S(=O)C(F)(F)F)c(-c2ncon2)nn1-c1c(Cl)cc(C(F)(F)F)cc1Cl. The molecule has 3 rings (SSSR count). The summed E-state index contributed by atoms with van der Waals surface area (Å²) >= 11 is 11.9. The van der Waals surface area contributed by atoms with Crippen LogP contribution in [0.15, 0.2) is 32.9 Å². The number of halogens is 8. The summed E-state index contributed by atoms with van der Waals surface area (Å²) in [5, 5.41) is 5.94. The summed E-state index contributed by atoms with van der Waals surface area (Å²) in [5.74, 6) is -1.27. The third-order valence-electron chi connectivity index (χ3n) is 3.62. The molecule has 0 aliphatic rings. The van der Waals surface area contributed by atoms with Crippen LogP contribution in [0.5, 0.6) is 0 Å². The van der Waals surface area contributed by atoms with Crippen molar-refractivity contribution in [2.75, 3.05) is 7.11 Å². The maximum Gasteiger partial charge on any atom is 0.476 e. The summed E-state index contributed by atoms with van der Waals surface area (Å²) < 4.78 is 101. The Kier molecular flexibility index (Phi) is 6.53. The average molecular weight is 522 g/mol. The lowest BCUT2D eigenvalue weighted by Gasteiger charge is -2.13. The van der Waals surface area contributed by atoms with Crippen LogP contribution in [0.4, 0.5) is 32.2 Å². The van der Waals surface area contributed by atoms with Gasteiger partial charge in [0.05, 0.1) is 22.7 Å². The highest BCUT2D eigenvalue weighted by Crippen LogP contribution is 2.43. The van der Waals surface area contributed by atoms with Crippen molar-refractivity contribution in [2.45, 2.75) is 16.6 Å². The summed E-state index contributed by atoms with van der Waals surface area (Å²) in [4.78, 5) is 6.20. The van der Waals surface area contributed by atoms with E-state index in [0.717, 1.165) is 13.5 Å². The van der Waals surface area contributed by atoms with Gasteiger partial charge < -0.3 is 9.26 Å². The zero-order chi connectivity index (χ0) is 23.8. The molecule has 0 N–H and O–H groups in total. The largest absolute Gasteiger partial charge is 0.486 e. The Bertz CT molecular complexity index is 1170. The fourth-order valence-corrected chi connectivity index (χ4v) is 3.90. The Balaban J connectivity index is 2.39. The quantitative estimate of drug-likeness (QED) is 0.260. The van der Waals surface area contributed by atoms with E-state index >= 15 is 0 Å². The van der Waals surface area contributed by atoms with Crippen LogP contribution in [-0.2, 0) is 21.7 Å². The minimum absolute atomic E-state index is 0.472. The number of benzene rings is 1. The Morgan fingerprint density at radius 2 is 1.81 bits per heavy atom. The predicted molar refractivity (Wildman–Crippen MR) is 99.5 cm³/mol. The van der Waals surface area contributed by atoms with E-state index < -0.39 is 66.0 Å². The van der Waals surface area contributed by atoms with E-state index in [1.165, 1.54) is 0 Å². The highest BCUT2D eigenvalue weighted by molar-refractivity contribution is 7.86. The van der Waals surface area contributed by atoms with Crippen LogP contribution < -0.4 is 0 Å². The molecular weight excluding hydrogens is 515 g/mol. The lowest BCUT2D eigenvalue weighted by Crippen LogP contribution is -2.17. The summed E-state index contributed by atoms with van der Waals surface area (Å²) in [6, 6.07) is 0.978. The molecule has 0 aliphatic heterocycles. The molecule has 0 amide bonds. The molecule has 2 aromatic heterocycles. The number of alkyl halides is 6. The lowest BCUT2D eigenvalue weighted by atomic mass is 10.2. The van der Waals surface area contributed by atoms with Gasteiger partial charge in [-0.05, 0) is 12.1 Å². The summed E-state index contributed by atoms with van der Waals surface area (Å²) in [5.41, 5.74) is -7.66. The molecule has 1 atom stereocenters. The van der Waals surface area contributed by atoms with Gasteiger partial charge in [0.1, 0.15) is 10.6 Å². The third-order valence-corrected chi connectivity index (χ3v) is 5.37. The molecule has 1 aromatic carbocycles. The van der Waals surface area contributed by atoms with Crippen molar-refractivity contribution in [1.82, 2.24) is 19.9 Å². The van der Waals surface area contributed by atoms with Crippen LogP contribution in [0, 0.1) is 0 Å². The highest BCUT2D eigenvalue weighted by Gasteiger charge is 2.44. The first-order valence-corrected chi connectivity index (χ1v) is 9.77. The number of hydrogen-bond acceptors (Lipinski definition) is 7. The van der Waals surface area contributed by atoms with E-state index in [1.54, 1.807) is 0 Å². The third kappa shape index (κ3) is 4.59. The zero-order valence-corrected chi connectivity index (χ0v) is 17.5. The van der Waals surface area contributed by atoms with Crippen LogP contribution in [0.2, 0.25) is 10.0 Å². The van der Waals surface area contributed by atoms with Gasteiger partial charge in [0, 0.05) is 0 Å². The van der Waals surface area contributed by atoms with Gasteiger partial charge in [-0.2, -0.15) is 41.4 Å². The molecular formula is C15H7Cl2F6N5O3S. The molecule has 0 saturated carbocycles. The van der Waals surface area contributed by atoms with Crippen LogP contribution in [0.3, 0.4) is 0 Å². The van der Waals surface area contributed by atoms with Gasteiger partial charge in [0.15, 0.2) is 28.7 Å². The molecule has 2 heterocycles. The van der Waals surface area contributed by atoms with E-state index in [9.17, 15) is 30.6 Å². The van der Waals surface area contributed by atoms with Gasteiger partial charge in [-0.25, -0.2) is 8.89 Å². The van der Waals surface area contributed by atoms with Gasteiger partial charge in [0.2, 0.25) is 12.2 Å². The van der Waals surface area contributed by atoms with E-state index in [2.05, 4.69) is 29.5 Å². The first-order chi connectivity index (χ1) is 14.9. The molecule has 0 spiro atoms. The number of aliphatic imine (C=N–C) groups is 1. The molecule has 172 valence electrons. The Labute approximate surface area is 186 Å². The van der Waals surface area contributed by atoms with Crippen LogP contribution >= 0.6 is 23.2 Å². The van der Waals surface area contributed by atoms with Gasteiger partial charge in [-0.15, -0.1) is 0 Å². The van der Waals surface area contributed by atoms with Crippen molar-refractivity contribution < 1.29 is 39.8 Å². The fourth-order valence-electron chi connectivity index (χ4n) is 2.41. The second kappa shape index (κ2) is 8.71. The molecule has 0 saturated heterocycles. The number of ether oxygens (including phenoxy) is 1. The van der Waals surface area contributed by atoms with Crippen molar-refractivity contribution in [3.63, 3.8) is 0 Å². The van der Waals surface area contributed by atoms with E-state index in [-0.39, 0.29) is 0 Å². The molecule has 0 fully saturated rings. The summed E-state index contributed by atoms with van der Waals surface area (Å²) in [6.07, 6.45) is -3.37. The van der Waals surface area contributed by atoms with Gasteiger partial charge in [-0.1, -0.05) is 28.4 Å². The molecule has 17 heteroatoms. The number of hydrogen-bond donors (Lipinski definition) is 0. The average Bonchev–Trinajstić information content (AvgIpc) is 3.31. The van der Waals surface area contributed by atoms with Crippen LogP contribution in [0.25, 0.3) is 17.2 Å². The number of nitrogens with zero attached hydrogens (tertiary/aromatic N) is 5. The molecule has 0 radical (unpaired) electrons. The normalized spacial score (nSPS) is 13.7. The monoisotopic (exact) mass is 521 g/mol. The molecule has 0 aliphatic carbocycles. The van der Waals surface area contributed by atoms with Gasteiger partial charge >= 0.3 is 11.7 Å². The highest BCUT2D eigenvalue weighted by atomic mass is 35.5. The van der Waals surface area contributed by atoms with Gasteiger partial charge in [0.25, 0.3) is 0 Å². The predicted octanol–water partition coefficient (Wildman–Crippen LogP) is 5.18. The Morgan fingerprint density at radius 1 is 1.19 bits per heavy atom. The first-order valence-electron chi connectivity index (χ1n) is 7.86. The number of methoxy groups -OCH3 is 1. The zero-order valence-electron chi connectivity index (χ0n) is 15.2. The number of aromatic nitrogens is 4. The van der Waals surface area contributed by atoms with E-state index in [4.69, 9.17) is 23.2 Å². The molecule has 8 nitrogen and oxygen atoms in total. The Hall–Kier alpha value is -2.65. The van der Waals surface area contributed by atoms with Crippen LogP contribution in [0.1, 0.15) is 5.56 Å². The number of rotatable bonds is 5. The molecule has 3 aromatic rings. The maximum absolute atomic E-state index is 13.4. The van der Waals surface area contributed by atoms with Crippen molar-refractivity contribution in [3.05, 3.63) is 34.1 Å². The first kappa shape index (κ1) is 24.0. The molecule has 1 unspecified atom stereocenters. The molecule has 0 bridgehead atoms. The topological polar surface area (TPSA) is 95.4 Å². The minimum atomic E-state index is -5.28. The molecule has 32 heavy (non-hydrogen) atoms. The standard InChI is InChI=1S/C15H7Cl2F6N5O3S/c1-30-4-25-13-11(32(29)15(21,22)23)9(12-24-5-31-27-12)26-28(13)10-7(16)2-6(3-8(10)17)14(18,19)20/h2-5H,1H3. The van der Waals surface area contributed by atoms with Crippen molar-refractivity contribution in [2.24, 2.45) is 4.99 Å². The lowest BCUT2D eigenvalue weighted by molar-refractivity contribution is -0.137. The van der Waals surface area contributed by atoms with Crippen molar-refractivity contribution >= 4 is 46.2 Å². The second-order valence-electron chi connectivity index (χ2n) is 5.64. The maximum atomic E-state index is 13.4. The van der Waals surface area contributed by atoms with Crippen molar-refractivity contribution in [3.8, 4) is 17.2 Å². The Morgan fingerprint density at radius 3 is 2.28 bits per heavy atom. The minimum Gasteiger partial charge on any atom is -0.486 e. The van der Waals surface area contributed by atoms with E-state index in [1.807, 2.05) is 0 Å². The second-order valence-corrected chi connectivity index (χ2v) is 7.86. The van der Waals surface area contributed by atoms with Crippen LogP contribution in [-0.4, -0.2) is 43.1 Å². The summed E-state index contributed by atoms with van der Waals surface area (Å²) in [6.45, 7) is 0. The smallest absolute Gasteiger partial charge is 0.476 e. The summed E-state index contributed by atoms with van der Waals surface area (Å²) in [7, 11) is -2.62. The van der Waals surface area contributed by atoms with E-state index in [0.29, 0.717) is 23.2 Å².